The fourth-order valence-corrected chi connectivity index (χ4v) is 9.35. The first kappa shape index (κ1) is 31.8. The van der Waals surface area contributed by atoms with E-state index in [4.69, 9.17) is 28.8 Å². The van der Waals surface area contributed by atoms with Gasteiger partial charge in [-0.25, -0.2) is 19.9 Å². The number of furan rings is 1. The Morgan fingerprint density at radius 3 is 1.95 bits per heavy atom. The summed E-state index contributed by atoms with van der Waals surface area (Å²) < 4.78 is 15.6. The van der Waals surface area contributed by atoms with E-state index in [1.165, 1.54) is 15.5 Å². The summed E-state index contributed by atoms with van der Waals surface area (Å²) in [5.41, 5.74) is 8.66. The van der Waals surface area contributed by atoms with Crippen molar-refractivity contribution in [3.63, 3.8) is 0 Å². The van der Waals surface area contributed by atoms with Crippen molar-refractivity contribution < 1.29 is 8.83 Å². The second kappa shape index (κ2) is 12.5. The predicted octanol–water partition coefficient (Wildman–Crippen LogP) is 13.8. The van der Waals surface area contributed by atoms with Gasteiger partial charge in [0, 0.05) is 58.6 Å². The van der Waals surface area contributed by atoms with Crippen LogP contribution in [0.25, 0.3) is 121 Å². The summed E-state index contributed by atoms with van der Waals surface area (Å²) in [6.45, 7) is 0. The highest BCUT2D eigenvalue weighted by Gasteiger charge is 2.22. The molecule has 0 radical (unpaired) electrons. The van der Waals surface area contributed by atoms with Crippen LogP contribution in [0.1, 0.15) is 0 Å². The van der Waals surface area contributed by atoms with E-state index < -0.39 is 0 Å². The maximum Gasteiger partial charge on any atom is 0.227 e. The zero-order valence-corrected chi connectivity index (χ0v) is 31.0. The fraction of sp³-hybridized carbons (Fsp3) is 0. The van der Waals surface area contributed by atoms with E-state index in [-0.39, 0.29) is 0 Å². The number of hydrogen-bond donors (Lipinski definition) is 0. The molecule has 0 bridgehead atoms. The number of aromatic nitrogens is 4. The Balaban J connectivity index is 1.15. The smallest absolute Gasteiger partial charge is 0.227 e. The Kier molecular flexibility index (Phi) is 7.00. The van der Waals surface area contributed by atoms with E-state index in [9.17, 15) is 0 Å². The third kappa shape index (κ3) is 5.10. The minimum absolute atomic E-state index is 0.562. The molecule has 0 fully saturated rings. The third-order valence-electron chi connectivity index (χ3n) is 10.8. The van der Waals surface area contributed by atoms with Gasteiger partial charge in [0.1, 0.15) is 16.7 Å². The van der Waals surface area contributed by atoms with Crippen molar-refractivity contribution >= 4 is 75.3 Å². The molecule has 266 valence electrons. The van der Waals surface area contributed by atoms with Crippen LogP contribution in [-0.4, -0.2) is 19.9 Å². The zero-order chi connectivity index (χ0) is 37.5. The largest absolute Gasteiger partial charge is 0.456 e. The first-order valence-corrected chi connectivity index (χ1v) is 19.6. The van der Waals surface area contributed by atoms with Crippen LogP contribution in [0.5, 0.6) is 0 Å². The van der Waals surface area contributed by atoms with Crippen LogP contribution in [0.4, 0.5) is 0 Å². The zero-order valence-electron chi connectivity index (χ0n) is 30.2. The van der Waals surface area contributed by atoms with E-state index >= 15 is 0 Å². The van der Waals surface area contributed by atoms with Crippen molar-refractivity contribution in [2.75, 3.05) is 0 Å². The SMILES string of the molecule is c1ccc(-c2nc(-c3cccc4c3sc3ccccc34)nc(-c3cc(-c4cccc5ccc6nc(-c7ccccc7)oc6c45)cc4oc5ccccc5c34)n2)cc1. The lowest BCUT2D eigenvalue weighted by Crippen LogP contribution is -2.01. The molecule has 4 aromatic heterocycles. The molecule has 0 aliphatic heterocycles. The second-order valence-electron chi connectivity index (χ2n) is 14.2. The standard InChI is InChI=1S/C50H28N4O2S/c1-3-13-30(14-4-1)47-52-48(37-22-12-21-35-34-18-8-10-24-42(34)57-46(35)37)54-49(53-47)38-27-32(28-41-44(38)36-19-7-9-23-40(36)55-41)33-20-11-17-29-25-26-39-45(43(29)33)56-50(51-39)31-15-5-2-6-16-31/h1-28H. The predicted molar refractivity (Wildman–Crippen MR) is 232 cm³/mol. The van der Waals surface area contributed by atoms with Crippen molar-refractivity contribution in [2.24, 2.45) is 0 Å². The number of hydrogen-bond acceptors (Lipinski definition) is 7. The maximum atomic E-state index is 6.65. The summed E-state index contributed by atoms with van der Waals surface area (Å²) in [4.78, 5) is 20.7. The number of fused-ring (bicyclic) bond motifs is 9. The molecule has 0 atom stereocenters. The quantitative estimate of drug-likeness (QED) is 0.174. The van der Waals surface area contributed by atoms with Crippen LogP contribution >= 0.6 is 11.3 Å². The van der Waals surface area contributed by atoms with Gasteiger partial charge in [0.2, 0.25) is 5.89 Å². The molecule has 0 N–H and O–H groups in total. The molecule has 0 aliphatic carbocycles. The van der Waals surface area contributed by atoms with Gasteiger partial charge in [-0.3, -0.25) is 0 Å². The molecule has 8 aromatic carbocycles. The average Bonchev–Trinajstić information content (AvgIpc) is 4.00. The van der Waals surface area contributed by atoms with Crippen LogP contribution in [0.3, 0.4) is 0 Å². The van der Waals surface area contributed by atoms with Gasteiger partial charge in [-0.05, 0) is 65.0 Å². The van der Waals surface area contributed by atoms with Gasteiger partial charge in [-0.2, -0.15) is 0 Å². The molecular weight excluding hydrogens is 721 g/mol. The Morgan fingerprint density at radius 1 is 0.404 bits per heavy atom. The highest BCUT2D eigenvalue weighted by molar-refractivity contribution is 7.26. The number of rotatable bonds is 5. The maximum absolute atomic E-state index is 6.65. The molecular formula is C50H28N4O2S. The molecule has 0 aliphatic rings. The summed E-state index contributed by atoms with van der Waals surface area (Å²) in [5, 5.41) is 6.37. The Hall–Kier alpha value is -7.48. The lowest BCUT2D eigenvalue weighted by molar-refractivity contribution is 0.623. The molecule has 0 unspecified atom stereocenters. The molecule has 0 saturated carbocycles. The molecule has 0 amide bonds. The van der Waals surface area contributed by atoms with Gasteiger partial charge < -0.3 is 8.83 Å². The van der Waals surface area contributed by atoms with Crippen LogP contribution in [-0.2, 0) is 0 Å². The second-order valence-corrected chi connectivity index (χ2v) is 15.2. The van der Waals surface area contributed by atoms with Crippen molar-refractivity contribution in [3.8, 4) is 56.7 Å². The first-order chi connectivity index (χ1) is 28.2. The minimum Gasteiger partial charge on any atom is -0.456 e. The van der Waals surface area contributed by atoms with Crippen molar-refractivity contribution in [2.45, 2.75) is 0 Å². The average molecular weight is 749 g/mol. The number of oxazole rings is 1. The minimum atomic E-state index is 0.562. The highest BCUT2D eigenvalue weighted by Crippen LogP contribution is 2.44. The van der Waals surface area contributed by atoms with Crippen LogP contribution in [0.15, 0.2) is 179 Å². The van der Waals surface area contributed by atoms with E-state index in [1.807, 2.05) is 84.9 Å². The van der Waals surface area contributed by atoms with Crippen molar-refractivity contribution in [1.29, 1.82) is 0 Å². The lowest BCUT2D eigenvalue weighted by atomic mass is 9.94. The van der Waals surface area contributed by atoms with Crippen LogP contribution < -0.4 is 0 Å². The monoisotopic (exact) mass is 748 g/mol. The van der Waals surface area contributed by atoms with Gasteiger partial charge in [0.15, 0.2) is 23.1 Å². The summed E-state index contributed by atoms with van der Waals surface area (Å²) in [5.74, 6) is 2.36. The normalized spacial score (nSPS) is 11.9. The topological polar surface area (TPSA) is 77.8 Å². The molecule has 7 heteroatoms. The number of para-hydroxylation sites is 1. The van der Waals surface area contributed by atoms with Gasteiger partial charge in [0.25, 0.3) is 0 Å². The van der Waals surface area contributed by atoms with E-state index in [1.54, 1.807) is 11.3 Å². The molecule has 4 heterocycles. The molecule has 0 saturated heterocycles. The van der Waals surface area contributed by atoms with Gasteiger partial charge in [0.05, 0.1) is 0 Å². The number of thiophene rings is 1. The Labute approximate surface area is 329 Å². The van der Waals surface area contributed by atoms with Gasteiger partial charge in [-0.15, -0.1) is 11.3 Å². The Bertz CT molecular complexity index is 3530. The molecule has 6 nitrogen and oxygen atoms in total. The summed E-state index contributed by atoms with van der Waals surface area (Å²) in [6.07, 6.45) is 0. The number of nitrogens with zero attached hydrogens (tertiary/aromatic N) is 4. The molecule has 12 aromatic rings. The number of benzene rings is 8. The summed E-state index contributed by atoms with van der Waals surface area (Å²) in [7, 11) is 0. The molecule has 57 heavy (non-hydrogen) atoms. The van der Waals surface area contributed by atoms with E-state index in [0.29, 0.717) is 23.4 Å². The van der Waals surface area contributed by atoms with Crippen LogP contribution in [0.2, 0.25) is 0 Å². The van der Waals surface area contributed by atoms with Crippen LogP contribution in [0, 0.1) is 0 Å². The van der Waals surface area contributed by atoms with Crippen molar-refractivity contribution in [3.05, 3.63) is 170 Å². The highest BCUT2D eigenvalue weighted by atomic mass is 32.1. The third-order valence-corrected chi connectivity index (χ3v) is 12.0. The van der Waals surface area contributed by atoms with Gasteiger partial charge in [-0.1, -0.05) is 121 Å². The first-order valence-electron chi connectivity index (χ1n) is 18.8. The lowest BCUT2D eigenvalue weighted by Gasteiger charge is -2.12. The molecule has 0 spiro atoms. The van der Waals surface area contributed by atoms with Gasteiger partial charge >= 0.3 is 0 Å². The molecule has 12 rings (SSSR count). The van der Waals surface area contributed by atoms with E-state index in [2.05, 4.69) is 84.9 Å². The summed E-state index contributed by atoms with van der Waals surface area (Å²) in [6, 6.07) is 58.0. The fourth-order valence-electron chi connectivity index (χ4n) is 8.14. The Morgan fingerprint density at radius 2 is 1.09 bits per heavy atom. The van der Waals surface area contributed by atoms with E-state index in [0.717, 1.165) is 81.9 Å². The summed E-state index contributed by atoms with van der Waals surface area (Å²) >= 11 is 1.76. The van der Waals surface area contributed by atoms with Crippen molar-refractivity contribution in [1.82, 2.24) is 19.9 Å².